The van der Waals surface area contributed by atoms with Crippen molar-refractivity contribution in [1.82, 2.24) is 0 Å². The fourth-order valence-corrected chi connectivity index (χ4v) is 1.44. The summed E-state index contributed by atoms with van der Waals surface area (Å²) in [6.07, 6.45) is 0. The number of halogens is 1. The number of hydrogen-bond acceptors (Lipinski definition) is 4. The Morgan fingerprint density at radius 2 is 2.18 bits per heavy atom. The Bertz CT molecular complexity index is 419. The molecule has 0 atom stereocenters. The van der Waals surface area contributed by atoms with E-state index in [9.17, 15) is 9.18 Å². The number of nitrogen functional groups attached to an aromatic ring is 1. The molecule has 0 fully saturated rings. The van der Waals surface area contributed by atoms with Crippen LogP contribution in [0.4, 0.5) is 15.8 Å². The molecule has 17 heavy (non-hydrogen) atoms. The van der Waals surface area contributed by atoms with Crippen molar-refractivity contribution in [2.45, 2.75) is 26.8 Å². The van der Waals surface area contributed by atoms with E-state index in [2.05, 4.69) is 5.32 Å². The Hall–Kier alpha value is -1.78. The van der Waals surface area contributed by atoms with Crippen molar-refractivity contribution in [1.29, 1.82) is 0 Å². The Labute approximate surface area is 100.0 Å². The minimum Gasteiger partial charge on any atom is -0.462 e. The van der Waals surface area contributed by atoms with Gasteiger partial charge >= 0.3 is 5.97 Å². The molecule has 0 spiro atoms. The van der Waals surface area contributed by atoms with Gasteiger partial charge in [-0.25, -0.2) is 9.18 Å². The lowest BCUT2D eigenvalue weighted by Gasteiger charge is -2.15. The van der Waals surface area contributed by atoms with Crippen molar-refractivity contribution in [3.05, 3.63) is 23.5 Å². The molecule has 0 amide bonds. The quantitative estimate of drug-likeness (QED) is 0.626. The summed E-state index contributed by atoms with van der Waals surface area (Å²) < 4.78 is 18.3. The number of nitrogens with two attached hydrogens (primary N) is 1. The molecule has 94 valence electrons. The summed E-state index contributed by atoms with van der Waals surface area (Å²) >= 11 is 0. The van der Waals surface area contributed by atoms with Gasteiger partial charge in [-0.2, -0.15) is 0 Å². The second-order valence-electron chi connectivity index (χ2n) is 3.90. The third-order valence-electron chi connectivity index (χ3n) is 2.12. The van der Waals surface area contributed by atoms with Gasteiger partial charge in [-0.1, -0.05) is 0 Å². The molecular weight excluding hydrogens is 223 g/mol. The highest BCUT2D eigenvalue weighted by molar-refractivity contribution is 5.98. The van der Waals surface area contributed by atoms with Crippen molar-refractivity contribution in [3.63, 3.8) is 0 Å². The van der Waals surface area contributed by atoms with Gasteiger partial charge in [0.15, 0.2) is 0 Å². The average Bonchev–Trinajstić information content (AvgIpc) is 2.22. The van der Waals surface area contributed by atoms with E-state index < -0.39 is 11.8 Å². The molecule has 0 radical (unpaired) electrons. The number of rotatable bonds is 4. The highest BCUT2D eigenvalue weighted by atomic mass is 19.1. The molecule has 0 bridgehead atoms. The van der Waals surface area contributed by atoms with Crippen LogP contribution in [0.25, 0.3) is 0 Å². The highest BCUT2D eigenvalue weighted by Gasteiger charge is 2.19. The van der Waals surface area contributed by atoms with Crippen molar-refractivity contribution < 1.29 is 13.9 Å². The summed E-state index contributed by atoms with van der Waals surface area (Å²) in [6, 6.07) is 2.85. The van der Waals surface area contributed by atoms with Crippen LogP contribution in [-0.4, -0.2) is 18.6 Å². The predicted molar refractivity (Wildman–Crippen MR) is 65.5 cm³/mol. The lowest BCUT2D eigenvalue weighted by molar-refractivity contribution is 0.0522. The standard InChI is InChI=1S/C12H17FN2O2/c1-4-17-12(16)10-8(13)5-6-9(11(10)14)15-7(2)3/h5-7,15H,4,14H2,1-3H3. The molecule has 1 aromatic rings. The van der Waals surface area contributed by atoms with Crippen LogP contribution in [0.5, 0.6) is 0 Å². The number of benzene rings is 1. The first-order chi connectivity index (χ1) is 7.97. The lowest BCUT2D eigenvalue weighted by atomic mass is 10.1. The van der Waals surface area contributed by atoms with Crippen LogP contribution in [0.15, 0.2) is 12.1 Å². The first-order valence-corrected chi connectivity index (χ1v) is 5.49. The normalized spacial score (nSPS) is 10.4. The second-order valence-corrected chi connectivity index (χ2v) is 3.90. The van der Waals surface area contributed by atoms with Gasteiger partial charge in [0.2, 0.25) is 0 Å². The maximum atomic E-state index is 13.5. The van der Waals surface area contributed by atoms with E-state index in [0.717, 1.165) is 0 Å². The number of anilines is 2. The largest absolute Gasteiger partial charge is 0.462 e. The summed E-state index contributed by atoms with van der Waals surface area (Å²) in [6.45, 7) is 5.68. The van der Waals surface area contributed by atoms with Gasteiger partial charge in [-0.3, -0.25) is 0 Å². The first-order valence-electron chi connectivity index (χ1n) is 5.49. The molecule has 0 saturated carbocycles. The molecule has 0 aromatic heterocycles. The zero-order chi connectivity index (χ0) is 13.0. The van der Waals surface area contributed by atoms with Gasteiger partial charge in [0.1, 0.15) is 11.4 Å². The fourth-order valence-electron chi connectivity index (χ4n) is 1.44. The van der Waals surface area contributed by atoms with E-state index in [4.69, 9.17) is 10.5 Å². The lowest BCUT2D eigenvalue weighted by Crippen LogP contribution is -2.16. The number of carbonyl (C=O) groups is 1. The molecule has 0 aliphatic heterocycles. The summed E-state index contributed by atoms with van der Waals surface area (Å²) in [5.41, 5.74) is 6.16. The van der Waals surface area contributed by atoms with Crippen molar-refractivity contribution in [3.8, 4) is 0 Å². The highest BCUT2D eigenvalue weighted by Crippen LogP contribution is 2.26. The van der Waals surface area contributed by atoms with Crippen molar-refractivity contribution in [2.75, 3.05) is 17.7 Å². The van der Waals surface area contributed by atoms with E-state index in [1.807, 2.05) is 13.8 Å². The topological polar surface area (TPSA) is 64.3 Å². The van der Waals surface area contributed by atoms with E-state index in [1.54, 1.807) is 6.92 Å². The third-order valence-corrected chi connectivity index (χ3v) is 2.12. The smallest absolute Gasteiger partial charge is 0.343 e. The molecule has 1 rings (SSSR count). The number of esters is 1. The van der Waals surface area contributed by atoms with E-state index in [0.29, 0.717) is 5.69 Å². The Balaban J connectivity index is 3.15. The number of carbonyl (C=O) groups excluding carboxylic acids is 1. The van der Waals surface area contributed by atoms with Gasteiger partial charge in [-0.15, -0.1) is 0 Å². The average molecular weight is 240 g/mol. The molecule has 0 heterocycles. The zero-order valence-corrected chi connectivity index (χ0v) is 10.2. The Morgan fingerprint density at radius 3 is 2.71 bits per heavy atom. The Morgan fingerprint density at radius 1 is 1.53 bits per heavy atom. The van der Waals surface area contributed by atoms with Crippen LogP contribution in [0.3, 0.4) is 0 Å². The summed E-state index contributed by atoms with van der Waals surface area (Å²) in [7, 11) is 0. The number of hydrogen-bond donors (Lipinski definition) is 2. The van der Waals surface area contributed by atoms with Gasteiger partial charge < -0.3 is 15.8 Å². The van der Waals surface area contributed by atoms with Crippen LogP contribution < -0.4 is 11.1 Å². The molecule has 1 aromatic carbocycles. The van der Waals surface area contributed by atoms with Crippen LogP contribution in [0.2, 0.25) is 0 Å². The zero-order valence-electron chi connectivity index (χ0n) is 10.2. The maximum Gasteiger partial charge on any atom is 0.343 e. The van der Waals surface area contributed by atoms with E-state index >= 15 is 0 Å². The third kappa shape index (κ3) is 3.09. The first kappa shape index (κ1) is 13.3. The van der Waals surface area contributed by atoms with Crippen molar-refractivity contribution in [2.24, 2.45) is 0 Å². The van der Waals surface area contributed by atoms with Crippen LogP contribution >= 0.6 is 0 Å². The second kappa shape index (κ2) is 5.52. The molecule has 5 heteroatoms. The maximum absolute atomic E-state index is 13.5. The summed E-state index contributed by atoms with van der Waals surface area (Å²) in [5.74, 6) is -1.41. The van der Waals surface area contributed by atoms with Gasteiger partial charge in [0.25, 0.3) is 0 Å². The molecule has 4 nitrogen and oxygen atoms in total. The van der Waals surface area contributed by atoms with Gasteiger partial charge in [-0.05, 0) is 32.9 Å². The summed E-state index contributed by atoms with van der Waals surface area (Å²) in [4.78, 5) is 11.6. The minimum absolute atomic E-state index is 0.0807. The van der Waals surface area contributed by atoms with E-state index in [1.165, 1.54) is 12.1 Å². The molecule has 0 aliphatic carbocycles. The fraction of sp³-hybridized carbons (Fsp3) is 0.417. The van der Waals surface area contributed by atoms with Crippen molar-refractivity contribution >= 4 is 17.3 Å². The molecule has 0 saturated heterocycles. The Kier molecular flexibility index (Phi) is 4.31. The van der Waals surface area contributed by atoms with E-state index in [-0.39, 0.29) is 23.9 Å². The van der Waals surface area contributed by atoms with Crippen LogP contribution in [-0.2, 0) is 4.74 Å². The monoisotopic (exact) mass is 240 g/mol. The predicted octanol–water partition coefficient (Wildman–Crippen LogP) is 2.40. The van der Waals surface area contributed by atoms with Crippen LogP contribution in [0, 0.1) is 5.82 Å². The molecular formula is C12H17FN2O2. The number of nitrogens with one attached hydrogen (secondary N) is 1. The van der Waals surface area contributed by atoms with Gasteiger partial charge in [0, 0.05) is 6.04 Å². The number of ether oxygens (including phenoxy) is 1. The molecule has 0 aliphatic rings. The van der Waals surface area contributed by atoms with Crippen LogP contribution in [0.1, 0.15) is 31.1 Å². The molecule has 0 unspecified atom stereocenters. The minimum atomic E-state index is -0.741. The molecule has 3 N–H and O–H groups in total. The summed E-state index contributed by atoms with van der Waals surface area (Å²) in [5, 5.41) is 3.04. The van der Waals surface area contributed by atoms with Gasteiger partial charge in [0.05, 0.1) is 18.0 Å². The SMILES string of the molecule is CCOC(=O)c1c(F)ccc(NC(C)C)c1N.